The highest BCUT2D eigenvalue weighted by atomic mass is 16.5. The van der Waals surface area contributed by atoms with E-state index in [1.165, 1.54) is 4.90 Å². The van der Waals surface area contributed by atoms with E-state index in [4.69, 9.17) is 9.84 Å². The van der Waals surface area contributed by atoms with Gasteiger partial charge in [0, 0.05) is 19.1 Å². The van der Waals surface area contributed by atoms with Gasteiger partial charge in [0.2, 0.25) is 0 Å². The number of likely N-dealkylation sites (tertiary alicyclic amines) is 1. The van der Waals surface area contributed by atoms with Gasteiger partial charge < -0.3 is 20.1 Å². The van der Waals surface area contributed by atoms with Crippen molar-refractivity contribution in [3.63, 3.8) is 0 Å². The SMILES string of the molecule is O=C(NC1CCCCN(C(=O)O)C1)OCc1ccccc1. The zero-order chi connectivity index (χ0) is 15.1. The minimum Gasteiger partial charge on any atom is -0.465 e. The van der Waals surface area contributed by atoms with Crippen LogP contribution >= 0.6 is 0 Å². The average molecular weight is 292 g/mol. The molecule has 1 aromatic carbocycles. The molecule has 1 aliphatic rings. The van der Waals surface area contributed by atoms with Crippen LogP contribution in [0.15, 0.2) is 30.3 Å². The van der Waals surface area contributed by atoms with Gasteiger partial charge in [0.25, 0.3) is 0 Å². The standard InChI is InChI=1S/C15H20N2O4/c18-14(21-11-12-6-2-1-3-7-12)16-13-8-4-5-9-17(10-13)15(19)20/h1-3,6-7,13H,4-5,8-11H2,(H,16,18)(H,19,20). The molecule has 1 saturated heterocycles. The van der Waals surface area contributed by atoms with Crippen molar-refractivity contribution in [3.8, 4) is 0 Å². The molecule has 1 fully saturated rings. The molecule has 0 radical (unpaired) electrons. The second-order valence-corrected chi connectivity index (χ2v) is 5.13. The third-order valence-electron chi connectivity index (χ3n) is 3.48. The number of carboxylic acid groups (broad SMARTS) is 1. The highest BCUT2D eigenvalue weighted by Gasteiger charge is 2.23. The maximum atomic E-state index is 11.8. The molecule has 1 aliphatic heterocycles. The van der Waals surface area contributed by atoms with E-state index in [0.717, 1.165) is 24.8 Å². The minimum absolute atomic E-state index is 0.188. The van der Waals surface area contributed by atoms with Gasteiger partial charge in [-0.05, 0) is 24.8 Å². The summed E-state index contributed by atoms with van der Waals surface area (Å²) in [5.74, 6) is 0. The fourth-order valence-corrected chi connectivity index (χ4v) is 2.37. The molecule has 2 rings (SSSR count). The van der Waals surface area contributed by atoms with Crippen molar-refractivity contribution in [1.29, 1.82) is 0 Å². The number of rotatable bonds is 3. The third-order valence-corrected chi connectivity index (χ3v) is 3.48. The zero-order valence-corrected chi connectivity index (χ0v) is 11.8. The summed E-state index contributed by atoms with van der Waals surface area (Å²) in [4.78, 5) is 24.1. The molecule has 1 aromatic rings. The van der Waals surface area contributed by atoms with Crippen LogP contribution in [0, 0.1) is 0 Å². The van der Waals surface area contributed by atoms with Gasteiger partial charge >= 0.3 is 12.2 Å². The first-order chi connectivity index (χ1) is 10.1. The molecule has 0 aromatic heterocycles. The van der Waals surface area contributed by atoms with Gasteiger partial charge in [0.05, 0.1) is 0 Å². The number of benzene rings is 1. The van der Waals surface area contributed by atoms with E-state index >= 15 is 0 Å². The molecule has 6 heteroatoms. The fraction of sp³-hybridized carbons (Fsp3) is 0.467. The summed E-state index contributed by atoms with van der Waals surface area (Å²) in [7, 11) is 0. The molecule has 2 N–H and O–H groups in total. The number of hydrogen-bond donors (Lipinski definition) is 2. The first-order valence-corrected chi connectivity index (χ1v) is 7.10. The van der Waals surface area contributed by atoms with Crippen LogP contribution in [0.5, 0.6) is 0 Å². The van der Waals surface area contributed by atoms with Crippen molar-refractivity contribution >= 4 is 12.2 Å². The van der Waals surface area contributed by atoms with E-state index < -0.39 is 12.2 Å². The number of nitrogens with zero attached hydrogens (tertiary/aromatic N) is 1. The summed E-state index contributed by atoms with van der Waals surface area (Å²) in [5, 5.41) is 11.8. The van der Waals surface area contributed by atoms with Gasteiger partial charge in [0.15, 0.2) is 0 Å². The zero-order valence-electron chi connectivity index (χ0n) is 11.8. The van der Waals surface area contributed by atoms with Crippen LogP contribution in [-0.2, 0) is 11.3 Å². The van der Waals surface area contributed by atoms with E-state index in [2.05, 4.69) is 5.32 Å². The topological polar surface area (TPSA) is 78.9 Å². The summed E-state index contributed by atoms with van der Waals surface area (Å²) in [6, 6.07) is 9.23. The highest BCUT2D eigenvalue weighted by molar-refractivity contribution is 5.68. The Labute approximate surface area is 123 Å². The van der Waals surface area contributed by atoms with Gasteiger partial charge in [-0.15, -0.1) is 0 Å². The smallest absolute Gasteiger partial charge is 0.407 e. The number of ether oxygens (including phenoxy) is 1. The summed E-state index contributed by atoms with van der Waals surface area (Å²) in [6.07, 6.45) is 1.04. The van der Waals surface area contributed by atoms with Crippen LogP contribution in [0.1, 0.15) is 24.8 Å². The Balaban J connectivity index is 1.79. The summed E-state index contributed by atoms with van der Waals surface area (Å²) in [5.41, 5.74) is 0.917. The normalized spacial score (nSPS) is 18.7. The van der Waals surface area contributed by atoms with Crippen LogP contribution in [0.25, 0.3) is 0 Å². The Hall–Kier alpha value is -2.24. The number of hydrogen-bond acceptors (Lipinski definition) is 3. The first kappa shape index (κ1) is 15.2. The largest absolute Gasteiger partial charge is 0.465 e. The highest BCUT2D eigenvalue weighted by Crippen LogP contribution is 2.11. The van der Waals surface area contributed by atoms with Crippen LogP contribution in [0.3, 0.4) is 0 Å². The number of alkyl carbamates (subject to hydrolysis) is 1. The lowest BCUT2D eigenvalue weighted by atomic mass is 10.1. The lowest BCUT2D eigenvalue weighted by Crippen LogP contribution is -2.44. The molecule has 6 nitrogen and oxygen atoms in total. The van der Waals surface area contributed by atoms with Crippen molar-refractivity contribution in [3.05, 3.63) is 35.9 Å². The van der Waals surface area contributed by atoms with Crippen molar-refractivity contribution in [1.82, 2.24) is 10.2 Å². The van der Waals surface area contributed by atoms with Gasteiger partial charge in [-0.3, -0.25) is 0 Å². The predicted molar refractivity (Wildman–Crippen MR) is 77.0 cm³/mol. The quantitative estimate of drug-likeness (QED) is 0.897. The Morgan fingerprint density at radius 3 is 2.76 bits per heavy atom. The van der Waals surface area contributed by atoms with E-state index in [0.29, 0.717) is 13.1 Å². The summed E-state index contributed by atoms with van der Waals surface area (Å²) in [6.45, 7) is 1.05. The molecule has 0 bridgehead atoms. The van der Waals surface area contributed by atoms with Crippen LogP contribution in [0.4, 0.5) is 9.59 Å². The molecule has 0 saturated carbocycles. The van der Waals surface area contributed by atoms with E-state index in [1.807, 2.05) is 30.3 Å². The number of carbonyl (C=O) groups is 2. The van der Waals surface area contributed by atoms with Crippen molar-refractivity contribution in [2.24, 2.45) is 0 Å². The average Bonchev–Trinajstić information content (AvgIpc) is 2.72. The van der Waals surface area contributed by atoms with Gasteiger partial charge in [-0.1, -0.05) is 30.3 Å². The second kappa shape index (κ2) is 7.52. The molecular weight excluding hydrogens is 272 g/mol. The van der Waals surface area contributed by atoms with E-state index in [-0.39, 0.29) is 12.6 Å². The summed E-state index contributed by atoms with van der Waals surface area (Å²) >= 11 is 0. The Kier molecular flexibility index (Phi) is 5.43. The maximum Gasteiger partial charge on any atom is 0.407 e. The maximum absolute atomic E-state index is 11.8. The van der Waals surface area contributed by atoms with Gasteiger partial charge in [0.1, 0.15) is 6.61 Å². The van der Waals surface area contributed by atoms with Gasteiger partial charge in [-0.2, -0.15) is 0 Å². The van der Waals surface area contributed by atoms with E-state index in [9.17, 15) is 9.59 Å². The Morgan fingerprint density at radius 1 is 1.29 bits per heavy atom. The minimum atomic E-state index is -0.943. The molecule has 0 spiro atoms. The monoisotopic (exact) mass is 292 g/mol. The second-order valence-electron chi connectivity index (χ2n) is 5.13. The molecule has 1 heterocycles. The van der Waals surface area contributed by atoms with Crippen LogP contribution < -0.4 is 5.32 Å². The van der Waals surface area contributed by atoms with Crippen LogP contribution in [0.2, 0.25) is 0 Å². The Morgan fingerprint density at radius 2 is 2.05 bits per heavy atom. The Bertz CT molecular complexity index is 478. The fourth-order valence-electron chi connectivity index (χ4n) is 2.37. The first-order valence-electron chi connectivity index (χ1n) is 7.10. The molecule has 0 aliphatic carbocycles. The number of nitrogens with one attached hydrogen (secondary N) is 1. The van der Waals surface area contributed by atoms with E-state index in [1.54, 1.807) is 0 Å². The number of carbonyl (C=O) groups excluding carboxylic acids is 1. The molecule has 2 amide bonds. The van der Waals surface area contributed by atoms with Crippen molar-refractivity contribution in [2.45, 2.75) is 31.9 Å². The molecule has 1 atom stereocenters. The summed E-state index contributed by atoms with van der Waals surface area (Å²) < 4.78 is 5.15. The molecular formula is C15H20N2O4. The van der Waals surface area contributed by atoms with Crippen LogP contribution in [-0.4, -0.2) is 41.3 Å². The lowest BCUT2D eigenvalue weighted by Gasteiger charge is -2.22. The molecule has 1 unspecified atom stereocenters. The predicted octanol–water partition coefficient (Wildman–Crippen LogP) is 2.45. The van der Waals surface area contributed by atoms with Crippen molar-refractivity contribution in [2.75, 3.05) is 13.1 Å². The number of amides is 2. The van der Waals surface area contributed by atoms with Crippen molar-refractivity contribution < 1.29 is 19.4 Å². The molecule has 21 heavy (non-hydrogen) atoms. The lowest BCUT2D eigenvalue weighted by molar-refractivity contribution is 0.126. The van der Waals surface area contributed by atoms with Gasteiger partial charge in [-0.25, -0.2) is 9.59 Å². The third kappa shape index (κ3) is 4.98. The molecule has 114 valence electrons.